The van der Waals surface area contributed by atoms with Crippen molar-refractivity contribution in [3.8, 4) is 5.75 Å². The van der Waals surface area contributed by atoms with Crippen LogP contribution in [0.2, 0.25) is 0 Å². The summed E-state index contributed by atoms with van der Waals surface area (Å²) in [5.74, 6) is 2.00. The minimum Gasteiger partial charge on any atom is -0.484 e. The third kappa shape index (κ3) is 5.79. The van der Waals surface area contributed by atoms with Crippen molar-refractivity contribution >= 4 is 32.7 Å². The number of nitrogens with zero attached hydrogens (tertiary/aromatic N) is 4. The second kappa shape index (κ2) is 9.92. The first-order valence-electron chi connectivity index (χ1n) is 12.3. The second-order valence-electron chi connectivity index (χ2n) is 9.65. The first-order valence-corrected chi connectivity index (χ1v) is 14.2. The molecule has 3 aromatic rings. The Balaban J connectivity index is 1.24. The van der Waals surface area contributed by atoms with Gasteiger partial charge in [-0.15, -0.1) is 0 Å². The van der Waals surface area contributed by atoms with E-state index in [9.17, 15) is 9.00 Å². The lowest BCUT2D eigenvalue weighted by atomic mass is 10.1. The molecule has 6 N–H and O–H groups in total. The molecule has 1 saturated carbocycles. The number of anilines is 2. The van der Waals surface area contributed by atoms with Crippen LogP contribution in [0.5, 0.6) is 5.75 Å². The molecule has 11 nitrogen and oxygen atoms in total. The van der Waals surface area contributed by atoms with E-state index in [0.29, 0.717) is 53.0 Å². The third-order valence-electron chi connectivity index (χ3n) is 6.72. The molecule has 1 saturated heterocycles. The maximum Gasteiger partial charge on any atom is 0.320 e. The molecule has 3 heterocycles. The Labute approximate surface area is 215 Å². The van der Waals surface area contributed by atoms with Gasteiger partial charge in [-0.25, -0.2) is 19.6 Å². The van der Waals surface area contributed by atoms with Crippen molar-refractivity contribution in [3.05, 3.63) is 59.9 Å². The second-order valence-corrected chi connectivity index (χ2v) is 12.1. The summed E-state index contributed by atoms with van der Waals surface area (Å²) in [5, 5.41) is 13.3. The molecule has 1 aliphatic carbocycles. The molecule has 0 radical (unpaired) electrons. The standard InChI is InChI=1S/C25H30N8O3S/c1-15(22-6-9-29-24(32-22)16-2-3-16)36-19-4-5-21(26)20(12-19)23(27)25(34)31-17-13-30-33(14-17)18-7-10-37(28,35)11-8-18/h4-6,9,12-16,18,27-28H,2-3,7-8,10-11,26H2,1H3,(H,31,34)/p+1. The third-order valence-corrected chi connectivity index (χ3v) is 8.51. The summed E-state index contributed by atoms with van der Waals surface area (Å²) in [4.78, 5) is 21.9. The summed E-state index contributed by atoms with van der Waals surface area (Å²) in [6.45, 7) is 1.90. The number of nitrogens with one attached hydrogen (secondary N) is 2. The Hall–Kier alpha value is -3.80. The topological polar surface area (TPSA) is 174 Å². The molecule has 2 aromatic heterocycles. The van der Waals surface area contributed by atoms with Crippen LogP contribution in [-0.4, -0.2) is 47.1 Å². The van der Waals surface area contributed by atoms with Crippen LogP contribution in [0.15, 0.2) is 42.9 Å². The summed E-state index contributed by atoms with van der Waals surface area (Å²) in [5.41, 5.74) is 8.07. The molecular weight excluding hydrogens is 492 g/mol. The van der Waals surface area contributed by atoms with Crippen LogP contribution in [0.3, 0.4) is 0 Å². The number of amides is 1. The van der Waals surface area contributed by atoms with Gasteiger partial charge in [0, 0.05) is 45.2 Å². The summed E-state index contributed by atoms with van der Waals surface area (Å²) >= 11 is 0. The van der Waals surface area contributed by atoms with Gasteiger partial charge in [-0.3, -0.25) is 14.3 Å². The van der Waals surface area contributed by atoms with Crippen LogP contribution in [-0.2, 0) is 14.5 Å². The van der Waals surface area contributed by atoms with E-state index in [1.165, 1.54) is 0 Å². The van der Waals surface area contributed by atoms with Gasteiger partial charge in [-0.1, -0.05) is 0 Å². The Morgan fingerprint density at radius 3 is 2.76 bits per heavy atom. The maximum atomic E-state index is 12.9. The molecule has 2 fully saturated rings. The van der Waals surface area contributed by atoms with E-state index in [4.69, 9.17) is 20.7 Å². The number of hydrogen-bond donors (Lipinski definition) is 4. The number of nitrogens with two attached hydrogens (primary N) is 2. The molecule has 0 spiro atoms. The van der Waals surface area contributed by atoms with Gasteiger partial charge in [0.1, 0.15) is 17.7 Å². The molecule has 0 bridgehead atoms. The average Bonchev–Trinajstić information content (AvgIpc) is 3.64. The van der Waals surface area contributed by atoms with Crippen LogP contribution < -0.4 is 21.2 Å². The Bertz CT molecular complexity index is 1430. The smallest absolute Gasteiger partial charge is 0.320 e. The summed E-state index contributed by atoms with van der Waals surface area (Å²) in [6.07, 6.45) is 8.15. The van der Waals surface area contributed by atoms with Crippen LogP contribution in [0.1, 0.15) is 67.8 Å². The number of ether oxygens (including phenoxy) is 1. The van der Waals surface area contributed by atoms with Gasteiger partial charge >= 0.3 is 5.91 Å². The number of nitrogen functional groups attached to an aromatic ring is 1. The number of hydrogen-bond acceptors (Lipinski definition) is 8. The van der Waals surface area contributed by atoms with E-state index in [2.05, 4.69) is 20.4 Å². The van der Waals surface area contributed by atoms with Gasteiger partial charge in [-0.05, 0) is 56.9 Å². The monoisotopic (exact) mass is 523 g/mol. The Morgan fingerprint density at radius 2 is 2.03 bits per heavy atom. The lowest BCUT2D eigenvalue weighted by Crippen LogP contribution is -2.48. The molecule has 1 amide bonds. The number of aromatic nitrogens is 4. The van der Waals surface area contributed by atoms with Gasteiger partial charge in [0.25, 0.3) is 5.71 Å². The van der Waals surface area contributed by atoms with Crippen molar-refractivity contribution in [2.75, 3.05) is 22.6 Å². The minimum atomic E-state index is -2.47. The highest BCUT2D eigenvalue weighted by Gasteiger charge is 2.28. The molecular formula is C25H31N8O3S+. The SMILES string of the molecule is CC(Oc1ccc(N)c(C(=[NH2+])C(=O)Nc2cnn(C3CCS(=N)(=O)CC3)c2)c1)c1ccnc(C2CC2)n1. The fraction of sp³-hybridized carbons (Fsp3) is 0.400. The van der Waals surface area contributed by atoms with Crippen molar-refractivity contribution < 1.29 is 19.1 Å². The highest BCUT2D eigenvalue weighted by Crippen LogP contribution is 2.38. The van der Waals surface area contributed by atoms with Crippen molar-refractivity contribution in [1.29, 1.82) is 4.78 Å². The summed E-state index contributed by atoms with van der Waals surface area (Å²) in [7, 11) is -2.47. The van der Waals surface area contributed by atoms with E-state index in [1.807, 2.05) is 13.0 Å². The van der Waals surface area contributed by atoms with Gasteiger partial charge in [0.15, 0.2) is 0 Å². The van der Waals surface area contributed by atoms with E-state index in [1.54, 1.807) is 41.5 Å². The van der Waals surface area contributed by atoms with Gasteiger partial charge in [-0.2, -0.15) is 5.10 Å². The van der Waals surface area contributed by atoms with Gasteiger partial charge < -0.3 is 15.8 Å². The predicted octanol–water partition coefficient (Wildman–Crippen LogP) is 1.84. The predicted molar refractivity (Wildman–Crippen MR) is 140 cm³/mol. The van der Waals surface area contributed by atoms with Gasteiger partial charge in [0.05, 0.1) is 29.2 Å². The highest BCUT2D eigenvalue weighted by molar-refractivity contribution is 7.92. The van der Waals surface area contributed by atoms with Crippen molar-refractivity contribution in [3.63, 3.8) is 0 Å². The molecule has 1 aromatic carbocycles. The number of carbonyl (C=O) groups excluding carboxylic acids is 1. The minimum absolute atomic E-state index is 0.0481. The Kier molecular flexibility index (Phi) is 6.67. The molecule has 2 aliphatic rings. The lowest BCUT2D eigenvalue weighted by molar-refractivity contribution is -0.132. The van der Waals surface area contributed by atoms with Crippen LogP contribution in [0.25, 0.3) is 0 Å². The number of carbonyl (C=O) groups is 1. The summed E-state index contributed by atoms with van der Waals surface area (Å²) in [6, 6.07) is 6.91. The molecule has 194 valence electrons. The largest absolute Gasteiger partial charge is 0.484 e. The Morgan fingerprint density at radius 1 is 1.27 bits per heavy atom. The zero-order chi connectivity index (χ0) is 26.2. The first kappa shape index (κ1) is 24.9. The van der Waals surface area contributed by atoms with Crippen molar-refractivity contribution in [1.82, 2.24) is 19.7 Å². The van der Waals surface area contributed by atoms with Crippen LogP contribution >= 0.6 is 0 Å². The molecule has 1 unspecified atom stereocenters. The zero-order valence-electron chi connectivity index (χ0n) is 20.6. The van der Waals surface area contributed by atoms with E-state index >= 15 is 0 Å². The van der Waals surface area contributed by atoms with Crippen molar-refractivity contribution in [2.24, 2.45) is 0 Å². The molecule has 12 heteroatoms. The molecule has 1 atom stereocenters. The lowest BCUT2D eigenvalue weighted by Gasteiger charge is -2.23. The molecule has 37 heavy (non-hydrogen) atoms. The zero-order valence-corrected chi connectivity index (χ0v) is 21.4. The fourth-order valence-electron chi connectivity index (χ4n) is 4.35. The number of rotatable bonds is 8. The highest BCUT2D eigenvalue weighted by atomic mass is 32.2. The normalized spacial score (nSPS) is 22.2. The first-order chi connectivity index (χ1) is 17.7. The van der Waals surface area contributed by atoms with E-state index in [0.717, 1.165) is 24.4 Å². The fourth-order valence-corrected chi connectivity index (χ4v) is 5.86. The molecule has 5 rings (SSSR count). The molecule has 1 aliphatic heterocycles. The summed E-state index contributed by atoms with van der Waals surface area (Å²) < 4.78 is 27.5. The van der Waals surface area contributed by atoms with Crippen LogP contribution in [0, 0.1) is 4.78 Å². The van der Waals surface area contributed by atoms with Gasteiger partial charge in [0.2, 0.25) is 0 Å². The van der Waals surface area contributed by atoms with E-state index < -0.39 is 15.6 Å². The quantitative estimate of drug-likeness (QED) is 0.257. The maximum absolute atomic E-state index is 12.9. The van der Waals surface area contributed by atoms with Crippen molar-refractivity contribution in [2.45, 2.75) is 50.7 Å². The number of benzene rings is 1. The van der Waals surface area contributed by atoms with Crippen LogP contribution in [0.4, 0.5) is 11.4 Å². The van der Waals surface area contributed by atoms with E-state index in [-0.39, 0.29) is 17.9 Å². The average molecular weight is 524 g/mol.